The maximum absolute atomic E-state index is 12.3. The number of imide groups is 2. The summed E-state index contributed by atoms with van der Waals surface area (Å²) in [6.45, 7) is 3.13. The van der Waals surface area contributed by atoms with Crippen LogP contribution in [0.25, 0.3) is 0 Å². The van der Waals surface area contributed by atoms with Gasteiger partial charge in [0.15, 0.2) is 0 Å². The molecule has 1 aromatic carbocycles. The Balaban J connectivity index is 2.08. The van der Waals surface area contributed by atoms with Crippen molar-refractivity contribution in [2.45, 2.75) is 26.3 Å². The molecule has 0 unspecified atom stereocenters. The molecule has 1 aliphatic heterocycles. The summed E-state index contributed by atoms with van der Waals surface area (Å²) in [5, 5.41) is 2.70. The van der Waals surface area contributed by atoms with E-state index < -0.39 is 36.3 Å². The molecule has 1 atom stereocenters. The van der Waals surface area contributed by atoms with Crippen LogP contribution in [0.3, 0.4) is 0 Å². The van der Waals surface area contributed by atoms with Crippen molar-refractivity contribution in [2.24, 2.45) is 0 Å². The first-order valence-corrected chi connectivity index (χ1v) is 8.52. The first kappa shape index (κ1) is 20.2. The molecule has 0 bridgehead atoms. The summed E-state index contributed by atoms with van der Waals surface area (Å²) in [7, 11) is 3.04. The fourth-order valence-corrected chi connectivity index (χ4v) is 2.80. The molecule has 0 aromatic heterocycles. The van der Waals surface area contributed by atoms with Crippen molar-refractivity contribution in [3.8, 4) is 11.5 Å². The van der Waals surface area contributed by atoms with Crippen molar-refractivity contribution in [3.05, 3.63) is 23.8 Å². The first-order chi connectivity index (χ1) is 12.8. The number of methoxy groups -OCH3 is 2. The predicted molar refractivity (Wildman–Crippen MR) is 95.2 cm³/mol. The van der Waals surface area contributed by atoms with E-state index in [9.17, 15) is 19.2 Å². The molecule has 0 radical (unpaired) electrons. The number of benzene rings is 1. The Morgan fingerprint density at radius 1 is 1.11 bits per heavy atom. The number of nitrogens with zero attached hydrogens (tertiary/aromatic N) is 2. The first-order valence-electron chi connectivity index (χ1n) is 8.52. The molecule has 1 aromatic rings. The summed E-state index contributed by atoms with van der Waals surface area (Å²) in [6, 6.07) is 3.92. The van der Waals surface area contributed by atoms with Gasteiger partial charge in [0, 0.05) is 12.1 Å². The fraction of sp³-hybridized carbons (Fsp3) is 0.444. The van der Waals surface area contributed by atoms with Gasteiger partial charge in [-0.15, -0.1) is 0 Å². The minimum absolute atomic E-state index is 0.138. The monoisotopic (exact) mass is 377 g/mol. The third-order valence-electron chi connectivity index (χ3n) is 4.16. The van der Waals surface area contributed by atoms with E-state index in [4.69, 9.17) is 9.47 Å². The number of hydrogen-bond acceptors (Lipinski definition) is 6. The molecule has 1 aliphatic rings. The van der Waals surface area contributed by atoms with E-state index in [1.165, 1.54) is 14.2 Å². The summed E-state index contributed by atoms with van der Waals surface area (Å²) in [4.78, 5) is 49.9. The zero-order valence-corrected chi connectivity index (χ0v) is 15.8. The Hall–Kier alpha value is -3.10. The van der Waals surface area contributed by atoms with Crippen molar-refractivity contribution in [1.82, 2.24) is 15.1 Å². The number of urea groups is 1. The van der Waals surface area contributed by atoms with Gasteiger partial charge in [0.05, 0.1) is 20.3 Å². The van der Waals surface area contributed by atoms with Crippen molar-refractivity contribution in [1.29, 1.82) is 0 Å². The largest absolute Gasteiger partial charge is 0.497 e. The van der Waals surface area contributed by atoms with Crippen LogP contribution in [0.1, 0.15) is 31.9 Å². The highest BCUT2D eigenvalue weighted by Gasteiger charge is 2.44. The third-order valence-corrected chi connectivity index (χ3v) is 4.16. The normalized spacial score (nSPS) is 15.2. The summed E-state index contributed by atoms with van der Waals surface area (Å²) >= 11 is 0. The molecule has 2 rings (SSSR count). The molecule has 27 heavy (non-hydrogen) atoms. The van der Waals surface area contributed by atoms with Crippen LogP contribution in [0.2, 0.25) is 0 Å². The topological polar surface area (TPSA) is 105 Å². The van der Waals surface area contributed by atoms with E-state index in [0.29, 0.717) is 28.4 Å². The Morgan fingerprint density at radius 2 is 1.78 bits per heavy atom. The van der Waals surface area contributed by atoms with Gasteiger partial charge >= 0.3 is 17.8 Å². The lowest BCUT2D eigenvalue weighted by atomic mass is 10.1. The van der Waals surface area contributed by atoms with Crippen molar-refractivity contribution in [2.75, 3.05) is 27.3 Å². The van der Waals surface area contributed by atoms with E-state index in [1.54, 1.807) is 32.0 Å². The second kappa shape index (κ2) is 8.52. The fourth-order valence-electron chi connectivity index (χ4n) is 2.80. The Labute approximate surface area is 157 Å². The van der Waals surface area contributed by atoms with Gasteiger partial charge < -0.3 is 14.8 Å². The number of nitrogens with one attached hydrogen (secondary N) is 1. The zero-order valence-electron chi connectivity index (χ0n) is 15.8. The van der Waals surface area contributed by atoms with Crippen LogP contribution in [0.4, 0.5) is 4.79 Å². The molecule has 1 saturated heterocycles. The molecular formula is C18H23N3O6. The van der Waals surface area contributed by atoms with Crippen LogP contribution < -0.4 is 14.8 Å². The van der Waals surface area contributed by atoms with Gasteiger partial charge in [-0.1, -0.05) is 6.92 Å². The molecule has 1 fully saturated rings. The van der Waals surface area contributed by atoms with E-state index in [2.05, 4.69) is 5.32 Å². The lowest BCUT2D eigenvalue weighted by Gasteiger charge is -2.20. The summed E-state index contributed by atoms with van der Waals surface area (Å²) < 4.78 is 10.5. The molecular weight excluding hydrogens is 354 g/mol. The van der Waals surface area contributed by atoms with Crippen molar-refractivity contribution >= 4 is 23.8 Å². The summed E-state index contributed by atoms with van der Waals surface area (Å²) in [6.07, 6.45) is 0.525. The summed E-state index contributed by atoms with van der Waals surface area (Å²) in [5.41, 5.74) is 0.674. The second-order valence-corrected chi connectivity index (χ2v) is 6.03. The third kappa shape index (κ3) is 4.18. The van der Waals surface area contributed by atoms with E-state index in [0.717, 1.165) is 4.90 Å². The molecule has 0 saturated carbocycles. The number of ether oxygens (including phenoxy) is 2. The number of carbonyl (C=O) groups is 4. The van der Waals surface area contributed by atoms with Crippen LogP contribution in [0.15, 0.2) is 18.2 Å². The van der Waals surface area contributed by atoms with E-state index >= 15 is 0 Å². The van der Waals surface area contributed by atoms with Crippen LogP contribution in [0, 0.1) is 0 Å². The highest BCUT2D eigenvalue weighted by Crippen LogP contribution is 2.29. The average molecular weight is 377 g/mol. The molecule has 5 amide bonds. The van der Waals surface area contributed by atoms with Crippen molar-refractivity contribution in [3.63, 3.8) is 0 Å². The van der Waals surface area contributed by atoms with Gasteiger partial charge in [0.2, 0.25) is 5.91 Å². The Morgan fingerprint density at radius 3 is 2.37 bits per heavy atom. The molecule has 9 nitrogen and oxygen atoms in total. The number of rotatable bonds is 8. The molecule has 146 valence electrons. The van der Waals surface area contributed by atoms with Gasteiger partial charge in [0.1, 0.15) is 18.0 Å². The average Bonchev–Trinajstić information content (AvgIpc) is 2.85. The second-order valence-electron chi connectivity index (χ2n) is 6.03. The standard InChI is InChI=1S/C18H23N3O6/c1-5-8-20-16(23)17(24)21(18(20)25)10-15(22)19-11(2)13-9-12(26-3)6-7-14(13)27-4/h6-7,9,11H,5,8,10H2,1-4H3,(H,19,22)/t11-/m0/s1. The molecule has 9 heteroatoms. The van der Waals surface area contributed by atoms with Gasteiger partial charge in [-0.25, -0.2) is 9.69 Å². The van der Waals surface area contributed by atoms with Gasteiger partial charge in [-0.3, -0.25) is 19.3 Å². The minimum atomic E-state index is -0.991. The van der Waals surface area contributed by atoms with Crippen molar-refractivity contribution < 1.29 is 28.7 Å². The van der Waals surface area contributed by atoms with E-state index in [-0.39, 0.29) is 6.54 Å². The minimum Gasteiger partial charge on any atom is -0.497 e. The smallest absolute Gasteiger partial charge is 0.334 e. The zero-order chi connectivity index (χ0) is 20.1. The lowest BCUT2D eigenvalue weighted by Crippen LogP contribution is -2.42. The number of hydrogen-bond donors (Lipinski definition) is 1. The summed E-state index contributed by atoms with van der Waals surface area (Å²) in [5.74, 6) is -1.31. The molecule has 1 heterocycles. The molecule has 0 aliphatic carbocycles. The highest BCUT2D eigenvalue weighted by molar-refractivity contribution is 6.45. The number of amides is 5. The van der Waals surface area contributed by atoms with Gasteiger partial charge in [-0.2, -0.15) is 0 Å². The SMILES string of the molecule is CCCN1C(=O)C(=O)N(CC(=O)N[C@@H](C)c2cc(OC)ccc2OC)C1=O. The molecule has 1 N–H and O–H groups in total. The molecule has 0 spiro atoms. The Bertz CT molecular complexity index is 763. The van der Waals surface area contributed by atoms with Gasteiger partial charge in [-0.05, 0) is 31.5 Å². The van der Waals surface area contributed by atoms with E-state index in [1.807, 2.05) is 0 Å². The Kier molecular flexibility index (Phi) is 6.38. The number of carbonyl (C=O) groups excluding carboxylic acids is 4. The van der Waals surface area contributed by atoms with Crippen LogP contribution >= 0.6 is 0 Å². The van der Waals surface area contributed by atoms with Crippen LogP contribution in [0.5, 0.6) is 11.5 Å². The maximum atomic E-state index is 12.3. The van der Waals surface area contributed by atoms with Crippen LogP contribution in [-0.4, -0.2) is 60.9 Å². The lowest BCUT2D eigenvalue weighted by molar-refractivity contribution is -0.144. The highest BCUT2D eigenvalue weighted by atomic mass is 16.5. The van der Waals surface area contributed by atoms with Crippen LogP contribution in [-0.2, 0) is 14.4 Å². The predicted octanol–water partition coefficient (Wildman–Crippen LogP) is 1.08. The quantitative estimate of drug-likeness (QED) is 0.537. The maximum Gasteiger partial charge on any atom is 0.334 e. The van der Waals surface area contributed by atoms with Gasteiger partial charge in [0.25, 0.3) is 0 Å².